The van der Waals surface area contributed by atoms with Gasteiger partial charge >= 0.3 is 0 Å². The molecule has 1 heterocycles. The first-order valence-electron chi connectivity index (χ1n) is 5.87. The molecule has 2 nitrogen and oxygen atoms in total. The van der Waals surface area contributed by atoms with E-state index in [1.54, 1.807) is 0 Å². The number of nitrogens with zero attached hydrogens (tertiary/aromatic N) is 1. The standard InChI is InChI=1S/C13H20N2.ClH/c1-2-8-15-9-7-12(10-15)11-3-5-13(14)6-4-11;/h3-6,12H,2,7-10,14H2,1H3;1H. The van der Waals surface area contributed by atoms with Crippen LogP contribution in [0.5, 0.6) is 0 Å². The van der Waals surface area contributed by atoms with Crippen LogP contribution >= 0.6 is 12.4 Å². The van der Waals surface area contributed by atoms with Crippen molar-refractivity contribution in [1.29, 1.82) is 0 Å². The molecule has 90 valence electrons. The molecule has 1 fully saturated rings. The summed E-state index contributed by atoms with van der Waals surface area (Å²) in [6, 6.07) is 8.38. The number of rotatable bonds is 3. The Kier molecular flexibility index (Phi) is 5.10. The molecule has 0 radical (unpaired) electrons. The van der Waals surface area contributed by atoms with Crippen molar-refractivity contribution < 1.29 is 0 Å². The van der Waals surface area contributed by atoms with Gasteiger partial charge in [0.25, 0.3) is 0 Å². The van der Waals surface area contributed by atoms with Crippen LogP contribution in [0.15, 0.2) is 24.3 Å². The third-order valence-corrected chi connectivity index (χ3v) is 3.22. The van der Waals surface area contributed by atoms with E-state index in [-0.39, 0.29) is 12.4 Å². The van der Waals surface area contributed by atoms with Crippen LogP contribution in [-0.4, -0.2) is 24.5 Å². The van der Waals surface area contributed by atoms with Gasteiger partial charge in [-0.15, -0.1) is 12.4 Å². The highest BCUT2D eigenvalue weighted by Gasteiger charge is 2.22. The first kappa shape index (κ1) is 13.3. The van der Waals surface area contributed by atoms with E-state index < -0.39 is 0 Å². The van der Waals surface area contributed by atoms with Gasteiger partial charge in [0, 0.05) is 12.2 Å². The maximum Gasteiger partial charge on any atom is 0.0314 e. The van der Waals surface area contributed by atoms with Crippen molar-refractivity contribution in [2.24, 2.45) is 0 Å². The third kappa shape index (κ3) is 3.13. The molecule has 0 bridgehead atoms. The van der Waals surface area contributed by atoms with E-state index in [1.807, 2.05) is 12.1 Å². The topological polar surface area (TPSA) is 29.3 Å². The summed E-state index contributed by atoms with van der Waals surface area (Å²) in [4.78, 5) is 2.56. The Hall–Kier alpha value is -0.730. The lowest BCUT2D eigenvalue weighted by atomic mass is 9.98. The normalized spacial score (nSPS) is 20.7. The minimum absolute atomic E-state index is 0. The van der Waals surface area contributed by atoms with E-state index in [2.05, 4.69) is 24.0 Å². The van der Waals surface area contributed by atoms with Gasteiger partial charge in [-0.3, -0.25) is 0 Å². The molecule has 0 aliphatic carbocycles. The van der Waals surface area contributed by atoms with Crippen molar-refractivity contribution in [3.63, 3.8) is 0 Å². The number of likely N-dealkylation sites (tertiary alicyclic amines) is 1. The highest BCUT2D eigenvalue weighted by atomic mass is 35.5. The van der Waals surface area contributed by atoms with Gasteiger partial charge in [0.1, 0.15) is 0 Å². The molecule has 0 saturated carbocycles. The fraction of sp³-hybridized carbons (Fsp3) is 0.538. The lowest BCUT2D eigenvalue weighted by molar-refractivity contribution is 0.335. The van der Waals surface area contributed by atoms with Crippen LogP contribution in [0.4, 0.5) is 5.69 Å². The van der Waals surface area contributed by atoms with Crippen molar-refractivity contribution in [3.8, 4) is 0 Å². The van der Waals surface area contributed by atoms with Crippen LogP contribution in [0.3, 0.4) is 0 Å². The summed E-state index contributed by atoms with van der Waals surface area (Å²) in [6.45, 7) is 5.96. The van der Waals surface area contributed by atoms with Crippen molar-refractivity contribution in [2.75, 3.05) is 25.4 Å². The zero-order valence-corrected chi connectivity index (χ0v) is 10.7. The van der Waals surface area contributed by atoms with Crippen molar-refractivity contribution >= 4 is 18.1 Å². The predicted octanol–water partition coefficient (Wildman–Crippen LogP) is 2.89. The van der Waals surface area contributed by atoms with Gasteiger partial charge in [0.2, 0.25) is 0 Å². The Bertz CT molecular complexity index is 310. The Balaban J connectivity index is 0.00000128. The van der Waals surface area contributed by atoms with Gasteiger partial charge < -0.3 is 10.6 Å². The van der Waals surface area contributed by atoms with E-state index in [9.17, 15) is 0 Å². The lowest BCUT2D eigenvalue weighted by Crippen LogP contribution is -2.20. The summed E-state index contributed by atoms with van der Waals surface area (Å²) >= 11 is 0. The monoisotopic (exact) mass is 240 g/mol. The average molecular weight is 241 g/mol. The number of anilines is 1. The minimum atomic E-state index is 0. The highest BCUT2D eigenvalue weighted by molar-refractivity contribution is 5.85. The Morgan fingerprint density at radius 3 is 2.62 bits per heavy atom. The molecule has 2 rings (SSSR count). The fourth-order valence-corrected chi connectivity index (χ4v) is 2.39. The summed E-state index contributed by atoms with van der Waals surface area (Å²) < 4.78 is 0. The SMILES string of the molecule is CCCN1CCC(c2ccc(N)cc2)C1.Cl. The summed E-state index contributed by atoms with van der Waals surface area (Å²) in [5.74, 6) is 0.720. The summed E-state index contributed by atoms with van der Waals surface area (Å²) in [7, 11) is 0. The number of halogens is 1. The molecule has 3 heteroatoms. The van der Waals surface area contributed by atoms with E-state index in [1.165, 1.54) is 38.0 Å². The van der Waals surface area contributed by atoms with Gasteiger partial charge in [-0.1, -0.05) is 19.1 Å². The van der Waals surface area contributed by atoms with Crippen molar-refractivity contribution in [1.82, 2.24) is 4.90 Å². The molecule has 16 heavy (non-hydrogen) atoms. The van der Waals surface area contributed by atoms with Crippen LogP contribution < -0.4 is 5.73 Å². The minimum Gasteiger partial charge on any atom is -0.399 e. The fourth-order valence-electron chi connectivity index (χ4n) is 2.39. The summed E-state index contributed by atoms with van der Waals surface area (Å²) in [6.07, 6.45) is 2.55. The quantitative estimate of drug-likeness (QED) is 0.824. The average Bonchev–Trinajstić information content (AvgIpc) is 2.68. The number of hydrogen-bond donors (Lipinski definition) is 1. The molecule has 1 atom stereocenters. The molecule has 1 aromatic carbocycles. The Labute approximate surface area is 104 Å². The predicted molar refractivity (Wildman–Crippen MR) is 72.2 cm³/mol. The van der Waals surface area contributed by atoms with E-state index >= 15 is 0 Å². The maximum absolute atomic E-state index is 5.69. The van der Waals surface area contributed by atoms with E-state index in [4.69, 9.17) is 5.73 Å². The van der Waals surface area contributed by atoms with Crippen LogP contribution in [0, 0.1) is 0 Å². The molecule has 1 aliphatic heterocycles. The van der Waals surface area contributed by atoms with Crippen LogP contribution in [0.2, 0.25) is 0 Å². The number of nitrogen functional groups attached to an aromatic ring is 1. The first-order chi connectivity index (χ1) is 7.29. The number of nitrogens with two attached hydrogens (primary N) is 1. The molecular weight excluding hydrogens is 220 g/mol. The van der Waals surface area contributed by atoms with Gasteiger partial charge in [-0.25, -0.2) is 0 Å². The second kappa shape index (κ2) is 6.12. The Morgan fingerprint density at radius 1 is 1.31 bits per heavy atom. The molecule has 2 N–H and O–H groups in total. The van der Waals surface area contributed by atoms with E-state index in [0.717, 1.165) is 11.6 Å². The molecule has 0 spiro atoms. The summed E-state index contributed by atoms with van der Waals surface area (Å²) in [5.41, 5.74) is 8.00. The highest BCUT2D eigenvalue weighted by Crippen LogP contribution is 2.27. The third-order valence-electron chi connectivity index (χ3n) is 3.22. The molecule has 1 unspecified atom stereocenters. The van der Waals surface area contributed by atoms with Gasteiger partial charge in [-0.2, -0.15) is 0 Å². The van der Waals surface area contributed by atoms with Crippen LogP contribution in [0.1, 0.15) is 31.2 Å². The zero-order valence-electron chi connectivity index (χ0n) is 9.86. The van der Waals surface area contributed by atoms with E-state index in [0.29, 0.717) is 0 Å². The van der Waals surface area contributed by atoms with Crippen LogP contribution in [-0.2, 0) is 0 Å². The Morgan fingerprint density at radius 2 is 2.00 bits per heavy atom. The maximum atomic E-state index is 5.69. The molecule has 0 amide bonds. The van der Waals surface area contributed by atoms with Crippen molar-refractivity contribution in [3.05, 3.63) is 29.8 Å². The zero-order chi connectivity index (χ0) is 10.7. The second-order valence-electron chi connectivity index (χ2n) is 4.45. The molecule has 1 aliphatic rings. The van der Waals surface area contributed by atoms with Crippen LogP contribution in [0.25, 0.3) is 0 Å². The smallest absolute Gasteiger partial charge is 0.0314 e. The molecular formula is C13H21ClN2. The van der Waals surface area contributed by atoms with Gasteiger partial charge in [0.15, 0.2) is 0 Å². The second-order valence-corrected chi connectivity index (χ2v) is 4.45. The molecule has 1 aromatic rings. The molecule has 0 aromatic heterocycles. The number of hydrogen-bond acceptors (Lipinski definition) is 2. The lowest BCUT2D eigenvalue weighted by Gasteiger charge is -2.14. The van der Waals surface area contributed by atoms with Gasteiger partial charge in [-0.05, 0) is 49.5 Å². The summed E-state index contributed by atoms with van der Waals surface area (Å²) in [5, 5.41) is 0. The first-order valence-corrected chi connectivity index (χ1v) is 5.87. The molecule has 1 saturated heterocycles. The number of benzene rings is 1. The van der Waals surface area contributed by atoms with Gasteiger partial charge in [0.05, 0.1) is 0 Å². The van der Waals surface area contributed by atoms with Crippen molar-refractivity contribution in [2.45, 2.75) is 25.7 Å². The largest absolute Gasteiger partial charge is 0.399 e.